The molecule has 1 aliphatic rings. The van der Waals surface area contributed by atoms with Crippen LogP contribution in [0.1, 0.15) is 24.8 Å². The molecule has 0 bridgehead atoms. The van der Waals surface area contributed by atoms with Crippen molar-refractivity contribution in [3.05, 3.63) is 35.9 Å². The van der Waals surface area contributed by atoms with E-state index in [2.05, 4.69) is 30.0 Å². The van der Waals surface area contributed by atoms with Crippen LogP contribution in [0.3, 0.4) is 0 Å². The second kappa shape index (κ2) is 7.18. The molecule has 5 heteroatoms. The summed E-state index contributed by atoms with van der Waals surface area (Å²) < 4.78 is 0. The zero-order chi connectivity index (χ0) is 17.1. The van der Waals surface area contributed by atoms with E-state index in [-0.39, 0.29) is 6.54 Å². The summed E-state index contributed by atoms with van der Waals surface area (Å²) in [5, 5.41) is 10.2. The van der Waals surface area contributed by atoms with Gasteiger partial charge in [-0.05, 0) is 50.9 Å². The Bertz CT molecular complexity index is 732. The van der Waals surface area contributed by atoms with Crippen LogP contribution in [-0.2, 0) is 4.79 Å². The van der Waals surface area contributed by atoms with Crippen LogP contribution in [0.2, 0.25) is 0 Å². The lowest BCUT2D eigenvalue weighted by atomic mass is 10.1. The van der Waals surface area contributed by atoms with Gasteiger partial charge in [-0.1, -0.05) is 18.2 Å². The lowest BCUT2D eigenvalue weighted by Gasteiger charge is -2.26. The fraction of sp³-hybridized carbons (Fsp3) is 0.474. The monoisotopic (exact) mass is 327 g/mol. The van der Waals surface area contributed by atoms with E-state index in [0.29, 0.717) is 6.04 Å². The second-order valence-electron chi connectivity index (χ2n) is 6.70. The van der Waals surface area contributed by atoms with Crippen molar-refractivity contribution in [1.29, 1.82) is 0 Å². The third kappa shape index (κ3) is 3.67. The highest BCUT2D eigenvalue weighted by Crippen LogP contribution is 2.26. The van der Waals surface area contributed by atoms with Gasteiger partial charge in [-0.2, -0.15) is 0 Å². The molecule has 5 nitrogen and oxygen atoms in total. The first kappa shape index (κ1) is 16.7. The van der Waals surface area contributed by atoms with E-state index < -0.39 is 5.97 Å². The van der Waals surface area contributed by atoms with Gasteiger partial charge in [0, 0.05) is 24.5 Å². The van der Waals surface area contributed by atoms with Crippen LogP contribution in [-0.4, -0.2) is 53.7 Å². The molecule has 0 radical (unpaired) electrons. The normalized spacial score (nSPS) is 18.8. The molecule has 2 heterocycles. The Labute approximate surface area is 142 Å². The third-order valence-corrected chi connectivity index (χ3v) is 4.89. The molecule has 1 atom stereocenters. The number of fused-ring (bicyclic) bond motifs is 1. The number of anilines is 1. The second-order valence-corrected chi connectivity index (χ2v) is 6.70. The van der Waals surface area contributed by atoms with E-state index in [1.54, 1.807) is 0 Å². The highest BCUT2D eigenvalue weighted by Gasteiger charge is 2.23. The maximum absolute atomic E-state index is 10.9. The summed E-state index contributed by atoms with van der Waals surface area (Å²) in [6.07, 6.45) is 3.06. The van der Waals surface area contributed by atoms with Crippen molar-refractivity contribution in [3.8, 4) is 0 Å². The predicted molar refractivity (Wildman–Crippen MR) is 96.6 cm³/mol. The molecule has 1 fully saturated rings. The van der Waals surface area contributed by atoms with Crippen LogP contribution in [0.4, 0.5) is 5.82 Å². The number of nitrogens with zero attached hydrogens (tertiary/aromatic N) is 3. The van der Waals surface area contributed by atoms with Crippen LogP contribution in [0.15, 0.2) is 30.3 Å². The van der Waals surface area contributed by atoms with Gasteiger partial charge in [0.2, 0.25) is 0 Å². The first-order chi connectivity index (χ1) is 11.5. The van der Waals surface area contributed by atoms with Crippen molar-refractivity contribution in [2.75, 3.05) is 31.6 Å². The number of likely N-dealkylation sites (N-methyl/N-ethyl adjacent to an activating group) is 1. The Morgan fingerprint density at radius 3 is 2.92 bits per heavy atom. The molecule has 0 amide bonds. The highest BCUT2D eigenvalue weighted by molar-refractivity contribution is 5.81. The number of pyridine rings is 1. The maximum atomic E-state index is 10.9. The summed E-state index contributed by atoms with van der Waals surface area (Å²) in [5.41, 5.74) is 2.23. The number of carboxylic acid groups (broad SMARTS) is 1. The van der Waals surface area contributed by atoms with Crippen LogP contribution in [0.25, 0.3) is 10.9 Å². The number of rotatable bonds is 4. The van der Waals surface area contributed by atoms with Crippen molar-refractivity contribution >= 4 is 22.7 Å². The number of hydrogen-bond acceptors (Lipinski definition) is 4. The molecule has 1 N–H and O–H groups in total. The fourth-order valence-electron chi connectivity index (χ4n) is 3.61. The van der Waals surface area contributed by atoms with Crippen LogP contribution in [0, 0.1) is 6.92 Å². The number of aliphatic carboxylic acids is 1. The summed E-state index contributed by atoms with van der Waals surface area (Å²) in [7, 11) is 1.91. The molecule has 0 saturated carbocycles. The molecule has 3 rings (SSSR count). The molecule has 24 heavy (non-hydrogen) atoms. The first-order valence-corrected chi connectivity index (χ1v) is 8.58. The van der Waals surface area contributed by atoms with Gasteiger partial charge >= 0.3 is 5.97 Å². The Morgan fingerprint density at radius 1 is 1.33 bits per heavy atom. The van der Waals surface area contributed by atoms with E-state index in [0.717, 1.165) is 43.7 Å². The molecule has 1 aromatic heterocycles. The van der Waals surface area contributed by atoms with Gasteiger partial charge in [-0.15, -0.1) is 0 Å². The molecule has 0 spiro atoms. The smallest absolute Gasteiger partial charge is 0.317 e. The molecule has 1 aliphatic heterocycles. The number of aryl methyl sites for hydroxylation is 1. The third-order valence-electron chi connectivity index (χ3n) is 4.89. The summed E-state index contributed by atoms with van der Waals surface area (Å²) in [5.74, 6) is 0.306. The fourth-order valence-corrected chi connectivity index (χ4v) is 3.61. The lowest BCUT2D eigenvalue weighted by molar-refractivity contribution is -0.138. The maximum Gasteiger partial charge on any atom is 0.317 e. The first-order valence-electron chi connectivity index (χ1n) is 8.58. The van der Waals surface area contributed by atoms with E-state index in [9.17, 15) is 4.79 Å². The van der Waals surface area contributed by atoms with Crippen molar-refractivity contribution in [1.82, 2.24) is 9.88 Å². The SMILES string of the molecule is Cc1cc2ccccc2nc1N1CCCC(N(C)CC(=O)O)CC1. The molecule has 2 aromatic rings. The van der Waals surface area contributed by atoms with Crippen LogP contribution >= 0.6 is 0 Å². The number of benzene rings is 1. The summed E-state index contributed by atoms with van der Waals surface area (Å²) >= 11 is 0. The molecular formula is C19H25N3O2. The molecule has 1 unspecified atom stereocenters. The van der Waals surface area contributed by atoms with Gasteiger partial charge in [-0.3, -0.25) is 9.69 Å². The number of carbonyl (C=O) groups is 1. The van der Waals surface area contributed by atoms with E-state index in [1.165, 1.54) is 10.9 Å². The summed E-state index contributed by atoms with van der Waals surface area (Å²) in [6, 6.07) is 10.7. The average Bonchev–Trinajstić information content (AvgIpc) is 2.79. The van der Waals surface area contributed by atoms with Gasteiger partial charge in [0.25, 0.3) is 0 Å². The Kier molecular flexibility index (Phi) is 5.00. The minimum atomic E-state index is -0.759. The van der Waals surface area contributed by atoms with Gasteiger partial charge in [0.15, 0.2) is 0 Å². The minimum Gasteiger partial charge on any atom is -0.480 e. The van der Waals surface area contributed by atoms with E-state index in [1.807, 2.05) is 24.1 Å². The van der Waals surface area contributed by atoms with Crippen molar-refractivity contribution in [3.63, 3.8) is 0 Å². The van der Waals surface area contributed by atoms with Crippen LogP contribution < -0.4 is 4.90 Å². The van der Waals surface area contributed by atoms with Gasteiger partial charge < -0.3 is 10.0 Å². The van der Waals surface area contributed by atoms with Crippen LogP contribution in [0.5, 0.6) is 0 Å². The zero-order valence-electron chi connectivity index (χ0n) is 14.4. The molecular weight excluding hydrogens is 302 g/mol. The average molecular weight is 327 g/mol. The molecule has 1 aromatic carbocycles. The molecule has 1 saturated heterocycles. The molecule has 0 aliphatic carbocycles. The Morgan fingerprint density at radius 2 is 2.12 bits per heavy atom. The largest absolute Gasteiger partial charge is 0.480 e. The molecule has 128 valence electrons. The summed E-state index contributed by atoms with van der Waals surface area (Å²) in [6.45, 7) is 4.12. The Hall–Kier alpha value is -2.14. The van der Waals surface area contributed by atoms with Gasteiger partial charge in [-0.25, -0.2) is 4.98 Å². The highest BCUT2D eigenvalue weighted by atomic mass is 16.4. The Balaban J connectivity index is 1.76. The van der Waals surface area contributed by atoms with Gasteiger partial charge in [0.05, 0.1) is 12.1 Å². The van der Waals surface area contributed by atoms with Crippen molar-refractivity contribution in [2.45, 2.75) is 32.2 Å². The zero-order valence-corrected chi connectivity index (χ0v) is 14.4. The standard InChI is InChI=1S/C19H25N3O2/c1-14-12-15-6-3-4-8-17(15)20-19(14)22-10-5-7-16(9-11-22)21(2)13-18(23)24/h3-4,6,8,12,16H,5,7,9-11,13H2,1-2H3,(H,23,24). The number of hydrogen-bond donors (Lipinski definition) is 1. The number of carboxylic acids is 1. The number of para-hydroxylation sites is 1. The van der Waals surface area contributed by atoms with E-state index in [4.69, 9.17) is 10.1 Å². The topological polar surface area (TPSA) is 56.7 Å². The minimum absolute atomic E-state index is 0.109. The summed E-state index contributed by atoms with van der Waals surface area (Å²) in [4.78, 5) is 20.1. The van der Waals surface area contributed by atoms with Gasteiger partial charge in [0.1, 0.15) is 5.82 Å². The van der Waals surface area contributed by atoms with Crippen molar-refractivity contribution < 1.29 is 9.90 Å². The van der Waals surface area contributed by atoms with E-state index >= 15 is 0 Å². The lowest BCUT2D eigenvalue weighted by Crippen LogP contribution is -2.36. The number of aromatic nitrogens is 1. The predicted octanol–water partition coefficient (Wildman–Crippen LogP) is 2.92. The van der Waals surface area contributed by atoms with Crippen molar-refractivity contribution in [2.24, 2.45) is 0 Å². The quantitative estimate of drug-likeness (QED) is 0.936.